The van der Waals surface area contributed by atoms with Gasteiger partial charge in [-0.1, -0.05) is 24.3 Å². The van der Waals surface area contributed by atoms with Crippen LogP contribution < -0.4 is 5.43 Å². The van der Waals surface area contributed by atoms with Crippen LogP contribution in [-0.4, -0.2) is 22.7 Å². The van der Waals surface area contributed by atoms with E-state index in [2.05, 4.69) is 5.43 Å². The van der Waals surface area contributed by atoms with Gasteiger partial charge < -0.3 is 0 Å². The molecule has 2 aromatic rings. The Morgan fingerprint density at radius 3 is 2.00 bits per heavy atom. The summed E-state index contributed by atoms with van der Waals surface area (Å²) in [6.07, 6.45) is 0. The highest BCUT2D eigenvalue weighted by molar-refractivity contribution is 6.22. The Kier molecular flexibility index (Phi) is 2.98. The van der Waals surface area contributed by atoms with E-state index in [9.17, 15) is 18.8 Å². The molecule has 1 N–H and O–H groups in total. The third-order valence-electron chi connectivity index (χ3n) is 3.13. The molecule has 0 aliphatic carbocycles. The number of hydrogen-bond donors (Lipinski definition) is 1. The van der Waals surface area contributed by atoms with Crippen molar-refractivity contribution in [2.75, 3.05) is 0 Å². The molecule has 21 heavy (non-hydrogen) atoms. The molecule has 104 valence electrons. The second kappa shape index (κ2) is 4.82. The predicted molar refractivity (Wildman–Crippen MR) is 70.8 cm³/mol. The summed E-state index contributed by atoms with van der Waals surface area (Å²) < 4.78 is 13.5. The molecule has 1 aliphatic rings. The van der Waals surface area contributed by atoms with Gasteiger partial charge in [-0.2, -0.15) is 5.01 Å². The minimum Gasteiger partial charge on any atom is -0.267 e. The number of nitrogens with one attached hydrogen (secondary N) is 1. The number of halogens is 1. The van der Waals surface area contributed by atoms with Gasteiger partial charge in [0.05, 0.1) is 16.7 Å². The summed E-state index contributed by atoms with van der Waals surface area (Å²) in [6.45, 7) is 0. The third kappa shape index (κ3) is 2.06. The number of rotatable bonds is 2. The molecule has 3 rings (SSSR count). The molecule has 0 saturated carbocycles. The fourth-order valence-electron chi connectivity index (χ4n) is 2.10. The van der Waals surface area contributed by atoms with Crippen molar-refractivity contribution < 1.29 is 18.8 Å². The lowest BCUT2D eigenvalue weighted by Crippen LogP contribution is -2.46. The minimum absolute atomic E-state index is 0.205. The van der Waals surface area contributed by atoms with E-state index in [4.69, 9.17) is 0 Å². The molecule has 0 unspecified atom stereocenters. The number of amides is 3. The van der Waals surface area contributed by atoms with Crippen molar-refractivity contribution in [1.82, 2.24) is 10.4 Å². The van der Waals surface area contributed by atoms with Gasteiger partial charge in [0, 0.05) is 0 Å². The highest BCUT2D eigenvalue weighted by Crippen LogP contribution is 2.21. The first kappa shape index (κ1) is 13.0. The Labute approximate surface area is 119 Å². The van der Waals surface area contributed by atoms with Gasteiger partial charge >= 0.3 is 0 Å². The van der Waals surface area contributed by atoms with Gasteiger partial charge in [0.1, 0.15) is 5.82 Å². The van der Waals surface area contributed by atoms with E-state index < -0.39 is 23.5 Å². The summed E-state index contributed by atoms with van der Waals surface area (Å²) in [5.74, 6) is -2.87. The fraction of sp³-hybridized carbons (Fsp3) is 0. The molecule has 1 aliphatic heterocycles. The van der Waals surface area contributed by atoms with Crippen LogP contribution in [0.3, 0.4) is 0 Å². The number of carbonyl (C=O) groups is 3. The maximum atomic E-state index is 13.5. The lowest BCUT2D eigenvalue weighted by atomic mass is 10.1. The lowest BCUT2D eigenvalue weighted by molar-refractivity contribution is 0.0516. The summed E-state index contributed by atoms with van der Waals surface area (Å²) in [5, 5.41) is 0.597. The molecule has 2 aromatic carbocycles. The van der Waals surface area contributed by atoms with Crippen LogP contribution in [0.5, 0.6) is 0 Å². The third-order valence-corrected chi connectivity index (χ3v) is 3.13. The van der Waals surface area contributed by atoms with E-state index in [1.165, 1.54) is 30.3 Å². The Morgan fingerprint density at radius 2 is 1.43 bits per heavy atom. The average Bonchev–Trinajstić information content (AvgIpc) is 2.73. The Hall–Kier alpha value is -3.02. The van der Waals surface area contributed by atoms with Gasteiger partial charge in [-0.15, -0.1) is 0 Å². The molecule has 1 heterocycles. The average molecular weight is 284 g/mol. The van der Waals surface area contributed by atoms with Crippen molar-refractivity contribution in [2.45, 2.75) is 0 Å². The first-order chi connectivity index (χ1) is 10.1. The smallest absolute Gasteiger partial charge is 0.267 e. The molecule has 3 amide bonds. The molecule has 0 atom stereocenters. The van der Waals surface area contributed by atoms with E-state index in [0.29, 0.717) is 5.01 Å². The van der Waals surface area contributed by atoms with E-state index in [0.717, 1.165) is 6.07 Å². The summed E-state index contributed by atoms with van der Waals surface area (Å²) in [4.78, 5) is 36.1. The predicted octanol–water partition coefficient (Wildman–Crippen LogP) is 1.77. The van der Waals surface area contributed by atoms with E-state index >= 15 is 0 Å². The summed E-state index contributed by atoms with van der Waals surface area (Å²) in [7, 11) is 0. The van der Waals surface area contributed by atoms with Crippen LogP contribution in [-0.2, 0) is 0 Å². The SMILES string of the molecule is O=C(NN1C(=O)c2ccccc2C1=O)c1ccccc1F. The number of nitrogens with zero attached hydrogens (tertiary/aromatic N) is 1. The number of imide groups is 1. The first-order valence-corrected chi connectivity index (χ1v) is 6.13. The van der Waals surface area contributed by atoms with E-state index in [-0.39, 0.29) is 16.7 Å². The lowest BCUT2D eigenvalue weighted by Gasteiger charge is -2.15. The van der Waals surface area contributed by atoms with E-state index in [1.54, 1.807) is 12.1 Å². The van der Waals surface area contributed by atoms with Crippen LogP contribution in [0.2, 0.25) is 0 Å². The van der Waals surface area contributed by atoms with Crippen LogP contribution in [0.15, 0.2) is 48.5 Å². The minimum atomic E-state index is -0.859. The summed E-state index contributed by atoms with van der Waals surface area (Å²) in [6, 6.07) is 11.5. The largest absolute Gasteiger partial charge is 0.280 e. The fourth-order valence-corrected chi connectivity index (χ4v) is 2.10. The monoisotopic (exact) mass is 284 g/mol. The van der Waals surface area contributed by atoms with Crippen LogP contribution in [0.4, 0.5) is 4.39 Å². The Morgan fingerprint density at radius 1 is 0.905 bits per heavy atom. The van der Waals surface area contributed by atoms with Gasteiger partial charge in [-0.3, -0.25) is 19.8 Å². The van der Waals surface area contributed by atoms with Crippen LogP contribution in [0.1, 0.15) is 31.1 Å². The normalized spacial score (nSPS) is 13.3. The van der Waals surface area contributed by atoms with Crippen molar-refractivity contribution in [3.05, 3.63) is 71.0 Å². The van der Waals surface area contributed by atoms with Crippen molar-refractivity contribution >= 4 is 17.7 Å². The molecule has 0 aromatic heterocycles. The second-order valence-electron chi connectivity index (χ2n) is 4.41. The highest BCUT2D eigenvalue weighted by atomic mass is 19.1. The number of fused-ring (bicyclic) bond motifs is 1. The molecule has 6 heteroatoms. The van der Waals surface area contributed by atoms with Crippen molar-refractivity contribution in [1.29, 1.82) is 0 Å². The zero-order chi connectivity index (χ0) is 15.0. The topological polar surface area (TPSA) is 66.5 Å². The zero-order valence-electron chi connectivity index (χ0n) is 10.7. The van der Waals surface area contributed by atoms with Crippen LogP contribution >= 0.6 is 0 Å². The van der Waals surface area contributed by atoms with Gasteiger partial charge in [-0.05, 0) is 24.3 Å². The Bertz CT molecular complexity index is 738. The van der Waals surface area contributed by atoms with E-state index in [1.807, 2.05) is 0 Å². The molecule has 5 nitrogen and oxygen atoms in total. The standard InChI is InChI=1S/C15H9FN2O3/c16-12-8-4-3-7-11(12)13(19)17-18-14(20)9-5-1-2-6-10(9)15(18)21/h1-8H,(H,17,19). The molecule has 0 fully saturated rings. The zero-order valence-corrected chi connectivity index (χ0v) is 10.7. The van der Waals surface area contributed by atoms with Gasteiger partial charge in [0.2, 0.25) is 0 Å². The first-order valence-electron chi connectivity index (χ1n) is 6.13. The van der Waals surface area contributed by atoms with Crippen molar-refractivity contribution in [2.24, 2.45) is 0 Å². The highest BCUT2D eigenvalue weighted by Gasteiger charge is 2.36. The van der Waals surface area contributed by atoms with Crippen molar-refractivity contribution in [3.63, 3.8) is 0 Å². The number of carbonyl (C=O) groups excluding carboxylic acids is 3. The second-order valence-corrected chi connectivity index (χ2v) is 4.41. The summed E-state index contributed by atoms with van der Waals surface area (Å²) >= 11 is 0. The molecule has 0 bridgehead atoms. The van der Waals surface area contributed by atoms with Crippen molar-refractivity contribution in [3.8, 4) is 0 Å². The summed E-state index contributed by atoms with van der Waals surface area (Å²) in [5.41, 5.74) is 2.31. The number of benzene rings is 2. The molecular formula is C15H9FN2O3. The maximum Gasteiger partial charge on any atom is 0.280 e. The van der Waals surface area contributed by atoms with Crippen LogP contribution in [0, 0.1) is 5.82 Å². The number of hydrazine groups is 1. The molecule has 0 saturated heterocycles. The van der Waals surface area contributed by atoms with Gasteiger partial charge in [-0.25, -0.2) is 4.39 Å². The maximum absolute atomic E-state index is 13.5. The number of hydrogen-bond acceptors (Lipinski definition) is 3. The molecule has 0 spiro atoms. The van der Waals surface area contributed by atoms with Gasteiger partial charge in [0.15, 0.2) is 0 Å². The quantitative estimate of drug-likeness (QED) is 0.855. The molecular weight excluding hydrogens is 275 g/mol. The Balaban J connectivity index is 1.88. The molecule has 0 radical (unpaired) electrons. The van der Waals surface area contributed by atoms with Gasteiger partial charge in [0.25, 0.3) is 17.7 Å². The van der Waals surface area contributed by atoms with Crippen LogP contribution in [0.25, 0.3) is 0 Å².